The number of anilines is 2. The summed E-state index contributed by atoms with van der Waals surface area (Å²) in [5.74, 6) is 0.651. The molecule has 1 aromatic carbocycles. The fourth-order valence-corrected chi connectivity index (χ4v) is 6.51. The molecule has 0 radical (unpaired) electrons. The molecular weight excluding hydrogens is 480 g/mol. The Kier molecular flexibility index (Phi) is 7.23. The molecule has 0 saturated carbocycles. The molecule has 1 saturated heterocycles. The minimum Gasteiger partial charge on any atom is -0.381 e. The van der Waals surface area contributed by atoms with Gasteiger partial charge in [0, 0.05) is 25.5 Å². The first-order valence-corrected chi connectivity index (χ1v) is 13.5. The number of pyridine rings is 1. The molecule has 1 aliphatic rings. The second kappa shape index (κ2) is 9.97. The van der Waals surface area contributed by atoms with Crippen LogP contribution in [0.1, 0.15) is 31.0 Å². The zero-order chi connectivity index (χ0) is 23.6. The van der Waals surface area contributed by atoms with Crippen LogP contribution in [0, 0.1) is 19.8 Å². The monoisotopic (exact) mass is 506 g/mol. The molecule has 4 rings (SSSR count). The Labute approximate surface area is 203 Å². The standard InChI is InChI=1S/C23H27ClN4O3S2/c1-14-6-7-18(13-20(14)33(29,30)28-22-19(24)5-4-10-25-22)21-16(3)27-23(32-21)26-15(2)17-8-11-31-12-9-17/h4-7,10,13,15,17H,8-9,11-12H2,1-3H3,(H,25,28)(H,26,27). The van der Waals surface area contributed by atoms with Crippen LogP contribution in [-0.2, 0) is 14.8 Å². The maximum absolute atomic E-state index is 13.1. The molecule has 0 spiro atoms. The number of rotatable bonds is 7. The van der Waals surface area contributed by atoms with Crippen molar-refractivity contribution in [2.45, 2.75) is 44.6 Å². The SMILES string of the molecule is Cc1ccc(-c2sc(NC(C)C3CCOCC3)nc2C)cc1S(=O)(=O)Nc1ncccc1Cl. The Morgan fingerprint density at radius 2 is 1.97 bits per heavy atom. The summed E-state index contributed by atoms with van der Waals surface area (Å²) in [6, 6.07) is 8.93. The number of ether oxygens (including phenoxy) is 1. The number of halogens is 1. The first-order chi connectivity index (χ1) is 15.7. The van der Waals surface area contributed by atoms with Gasteiger partial charge in [0.25, 0.3) is 10.0 Å². The van der Waals surface area contributed by atoms with E-state index in [0.717, 1.165) is 47.3 Å². The lowest BCUT2D eigenvalue weighted by molar-refractivity contribution is 0.0622. The molecule has 3 heterocycles. The summed E-state index contributed by atoms with van der Waals surface area (Å²) in [4.78, 5) is 9.85. The molecule has 2 aromatic heterocycles. The highest BCUT2D eigenvalue weighted by atomic mass is 35.5. The zero-order valence-corrected chi connectivity index (χ0v) is 21.1. The lowest BCUT2D eigenvalue weighted by Gasteiger charge is -2.28. The number of nitrogens with one attached hydrogen (secondary N) is 2. The van der Waals surface area contributed by atoms with Gasteiger partial charge in [0.1, 0.15) is 0 Å². The molecule has 10 heteroatoms. The zero-order valence-electron chi connectivity index (χ0n) is 18.8. The highest BCUT2D eigenvalue weighted by Gasteiger charge is 2.23. The van der Waals surface area contributed by atoms with Gasteiger partial charge in [-0.05, 0) is 68.9 Å². The van der Waals surface area contributed by atoms with Gasteiger partial charge in [-0.3, -0.25) is 4.72 Å². The molecular formula is C23H27ClN4O3S2. The number of hydrogen-bond acceptors (Lipinski definition) is 7. The minimum absolute atomic E-state index is 0.103. The molecule has 7 nitrogen and oxygen atoms in total. The Balaban J connectivity index is 1.59. The number of aryl methyl sites for hydroxylation is 2. The maximum Gasteiger partial charge on any atom is 0.263 e. The van der Waals surface area contributed by atoms with Gasteiger partial charge in [-0.25, -0.2) is 18.4 Å². The predicted molar refractivity (Wildman–Crippen MR) is 134 cm³/mol. The van der Waals surface area contributed by atoms with Crippen LogP contribution in [0.25, 0.3) is 10.4 Å². The third-order valence-electron chi connectivity index (χ3n) is 5.85. The first kappa shape index (κ1) is 23.9. The van der Waals surface area contributed by atoms with E-state index in [1.807, 2.05) is 13.0 Å². The summed E-state index contributed by atoms with van der Waals surface area (Å²) >= 11 is 7.63. The van der Waals surface area contributed by atoms with Crippen molar-refractivity contribution < 1.29 is 13.2 Å². The fraction of sp³-hybridized carbons (Fsp3) is 0.391. The van der Waals surface area contributed by atoms with Gasteiger partial charge in [0.05, 0.1) is 20.5 Å². The smallest absolute Gasteiger partial charge is 0.263 e. The summed E-state index contributed by atoms with van der Waals surface area (Å²) in [5.41, 5.74) is 2.29. The number of thiazole rings is 1. The van der Waals surface area contributed by atoms with Crippen LogP contribution >= 0.6 is 22.9 Å². The summed E-state index contributed by atoms with van der Waals surface area (Å²) in [5, 5.41) is 4.61. The van der Waals surface area contributed by atoms with E-state index in [1.165, 1.54) is 17.5 Å². The van der Waals surface area contributed by atoms with E-state index in [0.29, 0.717) is 11.5 Å². The average Bonchev–Trinajstić information content (AvgIpc) is 3.16. The van der Waals surface area contributed by atoms with Gasteiger partial charge in [0.2, 0.25) is 0 Å². The summed E-state index contributed by atoms with van der Waals surface area (Å²) < 4.78 is 34.2. The van der Waals surface area contributed by atoms with Crippen LogP contribution in [0.5, 0.6) is 0 Å². The lowest BCUT2D eigenvalue weighted by Crippen LogP contribution is -2.30. The minimum atomic E-state index is -3.88. The first-order valence-electron chi connectivity index (χ1n) is 10.8. The molecule has 3 aromatic rings. The molecule has 1 atom stereocenters. The maximum atomic E-state index is 13.1. The van der Waals surface area contributed by atoms with Crippen molar-refractivity contribution in [2.75, 3.05) is 23.3 Å². The highest BCUT2D eigenvalue weighted by molar-refractivity contribution is 7.92. The van der Waals surface area contributed by atoms with E-state index in [4.69, 9.17) is 21.3 Å². The molecule has 33 heavy (non-hydrogen) atoms. The van der Waals surface area contributed by atoms with Crippen molar-refractivity contribution in [3.8, 4) is 10.4 Å². The van der Waals surface area contributed by atoms with E-state index in [2.05, 4.69) is 21.9 Å². The molecule has 2 N–H and O–H groups in total. The lowest BCUT2D eigenvalue weighted by atomic mass is 9.93. The largest absolute Gasteiger partial charge is 0.381 e. The van der Waals surface area contributed by atoms with Crippen LogP contribution in [0.2, 0.25) is 5.02 Å². The van der Waals surface area contributed by atoms with Crippen molar-refractivity contribution in [3.05, 3.63) is 52.8 Å². The summed E-state index contributed by atoms with van der Waals surface area (Å²) in [7, 11) is -3.88. The van der Waals surface area contributed by atoms with E-state index >= 15 is 0 Å². The number of sulfonamides is 1. The fourth-order valence-electron chi connectivity index (χ4n) is 3.93. The number of benzene rings is 1. The van der Waals surface area contributed by atoms with E-state index < -0.39 is 10.0 Å². The van der Waals surface area contributed by atoms with E-state index in [-0.39, 0.29) is 21.8 Å². The summed E-state index contributed by atoms with van der Waals surface area (Å²) in [6.45, 7) is 7.49. The molecule has 0 bridgehead atoms. The number of aromatic nitrogens is 2. The van der Waals surface area contributed by atoms with Gasteiger partial charge in [0.15, 0.2) is 10.9 Å². The van der Waals surface area contributed by atoms with Gasteiger partial charge in [-0.1, -0.05) is 35.1 Å². The van der Waals surface area contributed by atoms with Crippen LogP contribution in [-0.4, -0.2) is 37.6 Å². The van der Waals surface area contributed by atoms with E-state index in [9.17, 15) is 8.42 Å². The van der Waals surface area contributed by atoms with Crippen molar-refractivity contribution in [1.29, 1.82) is 0 Å². The quantitative estimate of drug-likeness (QED) is 0.439. The third-order valence-corrected chi connectivity index (χ3v) is 8.77. The second-order valence-corrected chi connectivity index (χ2v) is 11.3. The van der Waals surface area contributed by atoms with Gasteiger partial charge in [-0.2, -0.15) is 0 Å². The van der Waals surface area contributed by atoms with Gasteiger partial charge >= 0.3 is 0 Å². The molecule has 1 fully saturated rings. The Morgan fingerprint density at radius 3 is 2.70 bits per heavy atom. The number of hydrogen-bond donors (Lipinski definition) is 2. The van der Waals surface area contributed by atoms with Crippen molar-refractivity contribution in [3.63, 3.8) is 0 Å². The van der Waals surface area contributed by atoms with Gasteiger partial charge < -0.3 is 10.1 Å². The molecule has 0 aliphatic carbocycles. The number of nitrogens with zero attached hydrogens (tertiary/aromatic N) is 2. The third kappa shape index (κ3) is 5.48. The molecule has 176 valence electrons. The Morgan fingerprint density at radius 1 is 1.21 bits per heavy atom. The molecule has 0 amide bonds. The average molecular weight is 507 g/mol. The predicted octanol–water partition coefficient (Wildman–Crippen LogP) is 5.50. The summed E-state index contributed by atoms with van der Waals surface area (Å²) in [6.07, 6.45) is 3.57. The van der Waals surface area contributed by atoms with Crippen LogP contribution in [0.4, 0.5) is 10.9 Å². The molecule has 1 unspecified atom stereocenters. The molecule has 1 aliphatic heterocycles. The van der Waals surface area contributed by atoms with Gasteiger partial charge in [-0.15, -0.1) is 0 Å². The highest BCUT2D eigenvalue weighted by Crippen LogP contribution is 2.36. The van der Waals surface area contributed by atoms with Crippen LogP contribution < -0.4 is 10.0 Å². The van der Waals surface area contributed by atoms with Crippen LogP contribution in [0.3, 0.4) is 0 Å². The Bertz CT molecular complexity index is 1240. The topological polar surface area (TPSA) is 93.2 Å². The normalized spacial score (nSPS) is 15.9. The van der Waals surface area contributed by atoms with Crippen molar-refractivity contribution >= 4 is 43.9 Å². The van der Waals surface area contributed by atoms with E-state index in [1.54, 1.807) is 31.2 Å². The second-order valence-electron chi connectivity index (χ2n) is 8.24. The Hall–Kier alpha value is -2.20. The van der Waals surface area contributed by atoms with Crippen LogP contribution in [0.15, 0.2) is 41.4 Å². The van der Waals surface area contributed by atoms with Crippen molar-refractivity contribution in [2.24, 2.45) is 5.92 Å². The van der Waals surface area contributed by atoms with Crippen molar-refractivity contribution in [1.82, 2.24) is 9.97 Å².